The van der Waals surface area contributed by atoms with Crippen LogP contribution in [0.2, 0.25) is 5.02 Å². The summed E-state index contributed by atoms with van der Waals surface area (Å²) >= 11 is 6.04. The van der Waals surface area contributed by atoms with Crippen LogP contribution in [0, 0.1) is 0 Å². The molecule has 0 fully saturated rings. The summed E-state index contributed by atoms with van der Waals surface area (Å²) in [6.07, 6.45) is 1.08. The van der Waals surface area contributed by atoms with Gasteiger partial charge >= 0.3 is 0 Å². The van der Waals surface area contributed by atoms with E-state index in [2.05, 4.69) is 42.6 Å². The largest absolute Gasteiger partial charge is 0.313 e. The van der Waals surface area contributed by atoms with Crippen molar-refractivity contribution in [1.82, 2.24) is 5.32 Å². The highest BCUT2D eigenvalue weighted by Gasteiger charge is 2.07. The van der Waals surface area contributed by atoms with Gasteiger partial charge in [0.1, 0.15) is 0 Å². The van der Waals surface area contributed by atoms with Crippen molar-refractivity contribution >= 4 is 11.6 Å². The summed E-state index contributed by atoms with van der Waals surface area (Å²) in [4.78, 5) is 0. The van der Waals surface area contributed by atoms with Crippen molar-refractivity contribution in [2.24, 2.45) is 0 Å². The first-order chi connectivity index (χ1) is 8.74. The lowest BCUT2D eigenvalue weighted by molar-refractivity contribution is 0.577. The molecule has 0 aliphatic rings. The van der Waals surface area contributed by atoms with E-state index in [4.69, 9.17) is 11.6 Å². The van der Waals surface area contributed by atoms with Gasteiger partial charge in [-0.05, 0) is 48.4 Å². The van der Waals surface area contributed by atoms with E-state index in [1.165, 1.54) is 11.1 Å². The Morgan fingerprint density at radius 1 is 1.06 bits per heavy atom. The van der Waals surface area contributed by atoms with Crippen molar-refractivity contribution < 1.29 is 0 Å². The molecule has 18 heavy (non-hydrogen) atoms. The van der Waals surface area contributed by atoms with E-state index in [0.717, 1.165) is 17.0 Å². The van der Waals surface area contributed by atoms with Crippen LogP contribution in [0.5, 0.6) is 0 Å². The number of rotatable bonds is 4. The van der Waals surface area contributed by atoms with Gasteiger partial charge < -0.3 is 5.32 Å². The van der Waals surface area contributed by atoms with Crippen LogP contribution in [0.25, 0.3) is 11.1 Å². The van der Waals surface area contributed by atoms with Crippen molar-refractivity contribution in [2.75, 3.05) is 7.05 Å². The average molecular weight is 260 g/mol. The first-order valence-electron chi connectivity index (χ1n) is 6.27. The van der Waals surface area contributed by atoms with Gasteiger partial charge in [-0.25, -0.2) is 0 Å². The third-order valence-electron chi connectivity index (χ3n) is 3.20. The molecule has 2 rings (SSSR count). The topological polar surface area (TPSA) is 12.0 Å². The van der Waals surface area contributed by atoms with Crippen molar-refractivity contribution in [3.05, 3.63) is 59.1 Å². The molecule has 2 heteroatoms. The Morgan fingerprint density at radius 2 is 1.72 bits per heavy atom. The Hall–Kier alpha value is -1.31. The Labute approximate surface area is 114 Å². The maximum absolute atomic E-state index is 6.04. The summed E-state index contributed by atoms with van der Waals surface area (Å²) in [5.74, 6) is 0. The molecular weight excluding hydrogens is 242 g/mol. The number of benzene rings is 2. The normalized spacial score (nSPS) is 12.4. The molecule has 1 atom stereocenters. The molecule has 0 aromatic heterocycles. The predicted octanol–water partition coefficient (Wildman–Crippen LogP) is 4.68. The van der Waals surface area contributed by atoms with Crippen molar-refractivity contribution in [2.45, 2.75) is 19.4 Å². The minimum absolute atomic E-state index is 0.407. The van der Waals surface area contributed by atoms with Gasteiger partial charge in [0.25, 0.3) is 0 Å². The van der Waals surface area contributed by atoms with Gasteiger partial charge in [0.2, 0.25) is 0 Å². The first-order valence-corrected chi connectivity index (χ1v) is 6.65. The molecule has 2 aromatic carbocycles. The molecule has 0 amide bonds. The van der Waals surface area contributed by atoms with E-state index in [9.17, 15) is 0 Å². The van der Waals surface area contributed by atoms with E-state index in [1.807, 2.05) is 25.2 Å². The fraction of sp³-hybridized carbons (Fsp3) is 0.250. The lowest BCUT2D eigenvalue weighted by Crippen LogP contribution is -2.15. The van der Waals surface area contributed by atoms with Crippen LogP contribution in [0.1, 0.15) is 24.9 Å². The van der Waals surface area contributed by atoms with E-state index >= 15 is 0 Å². The molecular formula is C16H18ClN. The van der Waals surface area contributed by atoms with Crippen molar-refractivity contribution in [1.29, 1.82) is 0 Å². The second-order valence-corrected chi connectivity index (χ2v) is 4.82. The molecule has 94 valence electrons. The smallest absolute Gasteiger partial charge is 0.0412 e. The first kappa shape index (κ1) is 13.1. The second kappa shape index (κ2) is 6.03. The zero-order chi connectivity index (χ0) is 13.0. The van der Waals surface area contributed by atoms with Gasteiger partial charge in [0.05, 0.1) is 0 Å². The SMILES string of the molecule is CCC(NC)c1cccc(-c2cccc(Cl)c2)c1. The Morgan fingerprint density at radius 3 is 2.33 bits per heavy atom. The fourth-order valence-electron chi connectivity index (χ4n) is 2.21. The lowest BCUT2D eigenvalue weighted by atomic mass is 9.98. The summed E-state index contributed by atoms with van der Waals surface area (Å²) in [6.45, 7) is 2.19. The zero-order valence-corrected chi connectivity index (χ0v) is 11.5. The highest BCUT2D eigenvalue weighted by molar-refractivity contribution is 6.30. The molecule has 0 saturated carbocycles. The molecule has 1 nitrogen and oxygen atoms in total. The average Bonchev–Trinajstić information content (AvgIpc) is 2.41. The van der Waals surface area contributed by atoms with Gasteiger partial charge in [-0.15, -0.1) is 0 Å². The molecule has 0 aliphatic carbocycles. The van der Waals surface area contributed by atoms with Crippen LogP contribution in [-0.4, -0.2) is 7.05 Å². The van der Waals surface area contributed by atoms with Crippen molar-refractivity contribution in [3.8, 4) is 11.1 Å². The van der Waals surface area contributed by atoms with E-state index < -0.39 is 0 Å². The maximum atomic E-state index is 6.04. The highest BCUT2D eigenvalue weighted by Crippen LogP contribution is 2.26. The van der Waals surface area contributed by atoms with E-state index in [0.29, 0.717) is 6.04 Å². The van der Waals surface area contributed by atoms with Crippen LogP contribution < -0.4 is 5.32 Å². The summed E-state index contributed by atoms with van der Waals surface area (Å²) in [5, 5.41) is 4.11. The second-order valence-electron chi connectivity index (χ2n) is 4.39. The van der Waals surface area contributed by atoms with Gasteiger partial charge in [-0.1, -0.05) is 48.9 Å². The Bertz CT molecular complexity index is 518. The molecule has 1 N–H and O–H groups in total. The van der Waals surface area contributed by atoms with Gasteiger partial charge in [0.15, 0.2) is 0 Å². The van der Waals surface area contributed by atoms with Crippen LogP contribution in [0.15, 0.2) is 48.5 Å². The van der Waals surface area contributed by atoms with Gasteiger partial charge in [0, 0.05) is 11.1 Å². The summed E-state index contributed by atoms with van der Waals surface area (Å²) in [5.41, 5.74) is 3.69. The highest BCUT2D eigenvalue weighted by atomic mass is 35.5. The Kier molecular flexibility index (Phi) is 4.40. The third kappa shape index (κ3) is 2.92. The minimum Gasteiger partial charge on any atom is -0.313 e. The molecule has 0 saturated heterocycles. The number of hydrogen-bond donors (Lipinski definition) is 1. The monoisotopic (exact) mass is 259 g/mol. The summed E-state index contributed by atoms with van der Waals surface area (Å²) < 4.78 is 0. The van der Waals surface area contributed by atoms with E-state index in [-0.39, 0.29) is 0 Å². The molecule has 0 heterocycles. The predicted molar refractivity (Wildman–Crippen MR) is 79.0 cm³/mol. The van der Waals surface area contributed by atoms with Crippen LogP contribution in [0.4, 0.5) is 0 Å². The maximum Gasteiger partial charge on any atom is 0.0412 e. The molecule has 0 radical (unpaired) electrons. The standard InChI is InChI=1S/C16H18ClN/c1-3-16(18-2)14-8-4-6-12(10-14)13-7-5-9-15(17)11-13/h4-11,16,18H,3H2,1-2H3. The number of halogens is 1. The zero-order valence-electron chi connectivity index (χ0n) is 10.8. The van der Waals surface area contributed by atoms with Gasteiger partial charge in [-0.3, -0.25) is 0 Å². The Balaban J connectivity index is 2.38. The van der Waals surface area contributed by atoms with Crippen LogP contribution in [-0.2, 0) is 0 Å². The van der Waals surface area contributed by atoms with Gasteiger partial charge in [-0.2, -0.15) is 0 Å². The number of hydrogen-bond acceptors (Lipinski definition) is 1. The lowest BCUT2D eigenvalue weighted by Gasteiger charge is -2.15. The fourth-order valence-corrected chi connectivity index (χ4v) is 2.40. The summed E-state index contributed by atoms with van der Waals surface area (Å²) in [7, 11) is 2.00. The molecule has 1 unspecified atom stereocenters. The summed E-state index contributed by atoms with van der Waals surface area (Å²) in [6, 6.07) is 17.0. The van der Waals surface area contributed by atoms with Crippen LogP contribution >= 0.6 is 11.6 Å². The quantitative estimate of drug-likeness (QED) is 0.841. The van der Waals surface area contributed by atoms with E-state index in [1.54, 1.807) is 0 Å². The minimum atomic E-state index is 0.407. The molecule has 0 bridgehead atoms. The van der Waals surface area contributed by atoms with Crippen molar-refractivity contribution in [3.63, 3.8) is 0 Å². The molecule has 2 aromatic rings. The molecule has 0 spiro atoms. The van der Waals surface area contributed by atoms with Crippen LogP contribution in [0.3, 0.4) is 0 Å². The molecule has 0 aliphatic heterocycles. The number of nitrogens with one attached hydrogen (secondary N) is 1. The third-order valence-corrected chi connectivity index (χ3v) is 3.44.